The van der Waals surface area contributed by atoms with Gasteiger partial charge in [-0.15, -0.1) is 0 Å². The number of allylic oxidation sites excluding steroid dienone is 4. The molecule has 0 amide bonds. The van der Waals surface area contributed by atoms with Crippen molar-refractivity contribution in [1.82, 2.24) is 0 Å². The summed E-state index contributed by atoms with van der Waals surface area (Å²) < 4.78 is 6.00. The predicted molar refractivity (Wildman–Crippen MR) is 94.9 cm³/mol. The highest BCUT2D eigenvalue weighted by atomic mass is 28.4. The SMILES string of the molecule is CC(=O)CC/C(C)=C(\C/C=C(/C)O[Si](C)(C)C)C(C)(C)C. The first kappa shape index (κ1) is 20.2. The van der Waals surface area contributed by atoms with Gasteiger partial charge >= 0.3 is 0 Å². The number of hydrogen-bond donors (Lipinski definition) is 0. The molecule has 0 heterocycles. The molecule has 122 valence electrons. The average molecular weight is 311 g/mol. The first-order valence-corrected chi connectivity index (χ1v) is 11.3. The Bertz CT molecular complexity index is 417. The van der Waals surface area contributed by atoms with Crippen molar-refractivity contribution in [3.63, 3.8) is 0 Å². The van der Waals surface area contributed by atoms with Crippen molar-refractivity contribution in [1.29, 1.82) is 0 Å². The number of carbonyl (C=O) groups excluding carboxylic acids is 1. The minimum Gasteiger partial charge on any atom is -0.548 e. The zero-order chi connectivity index (χ0) is 16.8. The number of Topliss-reactive ketones (excluding diaryl/α,β-unsaturated/α-hetero) is 1. The van der Waals surface area contributed by atoms with Crippen molar-refractivity contribution in [3.8, 4) is 0 Å². The molecule has 0 aliphatic carbocycles. The second kappa shape index (κ2) is 7.97. The summed E-state index contributed by atoms with van der Waals surface area (Å²) >= 11 is 0. The summed E-state index contributed by atoms with van der Waals surface area (Å²) in [6.07, 6.45) is 4.60. The van der Waals surface area contributed by atoms with Crippen molar-refractivity contribution < 1.29 is 9.22 Å². The van der Waals surface area contributed by atoms with E-state index in [4.69, 9.17) is 4.43 Å². The van der Waals surface area contributed by atoms with E-state index in [2.05, 4.69) is 53.4 Å². The molecule has 0 unspecified atom stereocenters. The van der Waals surface area contributed by atoms with E-state index in [1.807, 2.05) is 6.92 Å². The van der Waals surface area contributed by atoms with Crippen molar-refractivity contribution in [3.05, 3.63) is 23.0 Å². The molecule has 0 atom stereocenters. The van der Waals surface area contributed by atoms with Crippen LogP contribution in [-0.2, 0) is 9.22 Å². The number of carbonyl (C=O) groups is 1. The standard InChI is InChI=1S/C18H34O2Si/c1-14(10-11-15(2)19)17(18(4,5)6)13-12-16(3)20-21(7,8)9/h12H,10-11,13H2,1-9H3/b16-12-,17-14+. The molecule has 0 bridgehead atoms. The molecule has 21 heavy (non-hydrogen) atoms. The average Bonchev–Trinajstić information content (AvgIpc) is 2.21. The zero-order valence-corrected chi connectivity index (χ0v) is 16.5. The van der Waals surface area contributed by atoms with Gasteiger partial charge in [-0.1, -0.05) is 31.9 Å². The Balaban J connectivity index is 5.07. The molecule has 0 radical (unpaired) electrons. The number of rotatable bonds is 7. The molecule has 2 nitrogen and oxygen atoms in total. The highest BCUT2D eigenvalue weighted by Crippen LogP contribution is 2.33. The van der Waals surface area contributed by atoms with Gasteiger partial charge in [0.05, 0.1) is 5.76 Å². The van der Waals surface area contributed by atoms with Gasteiger partial charge in [-0.2, -0.15) is 0 Å². The maximum absolute atomic E-state index is 11.2. The van der Waals surface area contributed by atoms with Gasteiger partial charge in [-0.05, 0) is 64.7 Å². The summed E-state index contributed by atoms with van der Waals surface area (Å²) in [7, 11) is -1.52. The van der Waals surface area contributed by atoms with Crippen LogP contribution in [0.15, 0.2) is 23.0 Å². The highest BCUT2D eigenvalue weighted by Gasteiger charge is 2.20. The summed E-state index contributed by atoms with van der Waals surface area (Å²) in [5.74, 6) is 1.28. The lowest BCUT2D eigenvalue weighted by atomic mass is 9.80. The smallest absolute Gasteiger partial charge is 0.241 e. The highest BCUT2D eigenvalue weighted by molar-refractivity contribution is 6.70. The summed E-state index contributed by atoms with van der Waals surface area (Å²) in [6.45, 7) is 19.2. The third-order valence-corrected chi connectivity index (χ3v) is 4.27. The molecule has 0 fully saturated rings. The van der Waals surface area contributed by atoms with Crippen LogP contribution in [0.4, 0.5) is 0 Å². The van der Waals surface area contributed by atoms with Crippen LogP contribution in [-0.4, -0.2) is 14.1 Å². The molecule has 0 rings (SSSR count). The van der Waals surface area contributed by atoms with Crippen LogP contribution >= 0.6 is 0 Å². The van der Waals surface area contributed by atoms with Crippen LogP contribution in [0.1, 0.15) is 60.8 Å². The fourth-order valence-corrected chi connectivity index (χ4v) is 3.45. The Morgan fingerprint density at radius 3 is 1.95 bits per heavy atom. The fourth-order valence-electron chi connectivity index (χ4n) is 2.41. The van der Waals surface area contributed by atoms with E-state index < -0.39 is 8.32 Å². The van der Waals surface area contributed by atoms with Crippen molar-refractivity contribution in [2.75, 3.05) is 0 Å². The number of ketones is 1. The van der Waals surface area contributed by atoms with Gasteiger partial charge < -0.3 is 9.22 Å². The Morgan fingerprint density at radius 1 is 1.05 bits per heavy atom. The Kier molecular flexibility index (Phi) is 7.66. The second-order valence-corrected chi connectivity index (χ2v) is 12.4. The summed E-state index contributed by atoms with van der Waals surface area (Å²) in [6, 6.07) is 0. The largest absolute Gasteiger partial charge is 0.548 e. The van der Waals surface area contributed by atoms with Gasteiger partial charge in [0.1, 0.15) is 5.78 Å². The number of hydrogen-bond acceptors (Lipinski definition) is 2. The molecule has 0 aromatic carbocycles. The van der Waals surface area contributed by atoms with Crippen molar-refractivity contribution >= 4 is 14.1 Å². The van der Waals surface area contributed by atoms with Gasteiger partial charge in [-0.3, -0.25) is 0 Å². The van der Waals surface area contributed by atoms with Crippen LogP contribution in [0.25, 0.3) is 0 Å². The molecule has 0 aromatic rings. The van der Waals surface area contributed by atoms with E-state index in [1.165, 1.54) is 11.1 Å². The second-order valence-electron chi connectivity index (χ2n) is 7.94. The van der Waals surface area contributed by atoms with E-state index in [-0.39, 0.29) is 11.2 Å². The van der Waals surface area contributed by atoms with Gasteiger partial charge in [-0.25, -0.2) is 0 Å². The third-order valence-electron chi connectivity index (χ3n) is 3.33. The predicted octanol–water partition coefficient (Wildman–Crippen LogP) is 5.86. The third kappa shape index (κ3) is 9.67. The summed E-state index contributed by atoms with van der Waals surface area (Å²) in [5.41, 5.74) is 2.88. The summed E-state index contributed by atoms with van der Waals surface area (Å²) in [5, 5.41) is 0. The van der Waals surface area contributed by atoms with Crippen LogP contribution in [0.5, 0.6) is 0 Å². The molecule has 0 aromatic heterocycles. The van der Waals surface area contributed by atoms with Crippen LogP contribution in [0.3, 0.4) is 0 Å². The normalized spacial score (nSPS) is 14.8. The summed E-state index contributed by atoms with van der Waals surface area (Å²) in [4.78, 5) is 11.2. The molecule has 0 saturated heterocycles. The van der Waals surface area contributed by atoms with E-state index in [9.17, 15) is 4.79 Å². The lowest BCUT2D eigenvalue weighted by Gasteiger charge is -2.26. The lowest BCUT2D eigenvalue weighted by molar-refractivity contribution is -0.116. The first-order chi connectivity index (χ1) is 9.33. The lowest BCUT2D eigenvalue weighted by Crippen LogP contribution is -2.24. The van der Waals surface area contributed by atoms with Crippen LogP contribution in [0.2, 0.25) is 19.6 Å². The molecule has 0 saturated carbocycles. The maximum atomic E-state index is 11.2. The van der Waals surface area contributed by atoms with Crippen molar-refractivity contribution in [2.45, 2.75) is 80.4 Å². The van der Waals surface area contributed by atoms with E-state index >= 15 is 0 Å². The van der Waals surface area contributed by atoms with Gasteiger partial charge in [0, 0.05) is 6.42 Å². The van der Waals surface area contributed by atoms with Crippen molar-refractivity contribution in [2.24, 2.45) is 5.41 Å². The van der Waals surface area contributed by atoms with Gasteiger partial charge in [0.25, 0.3) is 0 Å². The van der Waals surface area contributed by atoms with Gasteiger partial charge in [0.2, 0.25) is 8.32 Å². The van der Waals surface area contributed by atoms with E-state index in [0.717, 1.165) is 18.6 Å². The van der Waals surface area contributed by atoms with Gasteiger partial charge in [0.15, 0.2) is 0 Å². The Labute approximate surface area is 132 Å². The quantitative estimate of drug-likeness (QED) is 0.334. The maximum Gasteiger partial charge on any atom is 0.241 e. The van der Waals surface area contributed by atoms with E-state index in [1.54, 1.807) is 6.92 Å². The molecule has 0 aliphatic rings. The minimum atomic E-state index is -1.52. The first-order valence-electron chi connectivity index (χ1n) is 7.87. The molecular formula is C18H34O2Si. The monoisotopic (exact) mass is 310 g/mol. The molecule has 0 N–H and O–H groups in total. The minimum absolute atomic E-state index is 0.122. The molecular weight excluding hydrogens is 276 g/mol. The molecule has 3 heteroatoms. The topological polar surface area (TPSA) is 26.3 Å². The van der Waals surface area contributed by atoms with Crippen LogP contribution < -0.4 is 0 Å². The Morgan fingerprint density at radius 2 is 1.57 bits per heavy atom. The fraction of sp³-hybridized carbons (Fsp3) is 0.722. The zero-order valence-electron chi connectivity index (χ0n) is 15.5. The molecule has 0 aliphatic heterocycles. The molecule has 0 spiro atoms. The Hall–Kier alpha value is -0.833. The van der Waals surface area contributed by atoms with Crippen LogP contribution in [0, 0.1) is 5.41 Å². The van der Waals surface area contributed by atoms with E-state index in [0.29, 0.717) is 6.42 Å².